The Kier molecular flexibility index (Phi) is 5.08. The minimum absolute atomic E-state index is 0.0143. The molecule has 3 rings (SSSR count). The first-order chi connectivity index (χ1) is 12.7. The molecule has 0 aliphatic rings. The fraction of sp³-hybridized carbons (Fsp3) is 0.105. The lowest BCUT2D eigenvalue weighted by atomic mass is 10.1. The molecule has 7 nitrogen and oxygen atoms in total. The molecule has 1 amide bonds. The molecule has 0 saturated heterocycles. The molecule has 2 aromatic carbocycles. The van der Waals surface area contributed by atoms with Gasteiger partial charge in [-0.05, 0) is 31.2 Å². The van der Waals surface area contributed by atoms with Crippen molar-refractivity contribution < 1.29 is 14.3 Å². The van der Waals surface area contributed by atoms with E-state index in [0.717, 1.165) is 11.1 Å². The molecule has 1 atom stereocenters. The number of aromatic nitrogens is 2. The van der Waals surface area contributed by atoms with Gasteiger partial charge in [0.25, 0.3) is 5.91 Å². The molecule has 0 fully saturated rings. The third-order valence-electron chi connectivity index (χ3n) is 3.97. The number of anilines is 2. The predicted octanol–water partition coefficient (Wildman–Crippen LogP) is 2.81. The topological polar surface area (TPSA) is 118 Å². The number of nitrogens with two attached hydrogens (primary N) is 1. The zero-order valence-electron chi connectivity index (χ0n) is 14.9. The molecule has 1 heterocycles. The van der Waals surface area contributed by atoms with Crippen LogP contribution in [0.15, 0.2) is 54.7 Å². The molecule has 1 aromatic heterocycles. The van der Waals surface area contributed by atoms with Crippen LogP contribution in [0.3, 0.4) is 0 Å². The van der Waals surface area contributed by atoms with Crippen LogP contribution < -0.4 is 16.4 Å². The van der Waals surface area contributed by atoms with E-state index in [4.69, 9.17) is 5.73 Å². The van der Waals surface area contributed by atoms with Crippen LogP contribution in [0.5, 0.6) is 0 Å². The number of nitrogens with zero attached hydrogens (tertiary/aromatic N) is 2. The molecule has 0 saturated carbocycles. The second-order valence-electron chi connectivity index (χ2n) is 6.24. The lowest BCUT2D eigenvalue weighted by Crippen LogP contribution is -2.17. The summed E-state index contributed by atoms with van der Waals surface area (Å²) in [4.78, 5) is 30.5. The first-order valence-corrected chi connectivity index (χ1v) is 10.3. The Morgan fingerprint density at radius 3 is 2.33 bits per heavy atom. The highest BCUT2D eigenvalue weighted by Gasteiger charge is 2.16. The van der Waals surface area contributed by atoms with E-state index in [0.29, 0.717) is 16.7 Å². The molecule has 0 aliphatic carbocycles. The van der Waals surface area contributed by atoms with Gasteiger partial charge in [0.2, 0.25) is 7.37 Å². The molecular formula is C19H19N4O3P. The maximum absolute atomic E-state index is 12.6. The van der Waals surface area contributed by atoms with Crippen LogP contribution in [0, 0.1) is 6.92 Å². The van der Waals surface area contributed by atoms with Gasteiger partial charge in [-0.25, -0.2) is 9.97 Å². The molecule has 0 radical (unpaired) electrons. The lowest BCUT2D eigenvalue weighted by molar-refractivity contribution is 0.102. The summed E-state index contributed by atoms with van der Waals surface area (Å²) in [6, 6.07) is 13.8. The predicted molar refractivity (Wildman–Crippen MR) is 106 cm³/mol. The Morgan fingerprint density at radius 2 is 1.74 bits per heavy atom. The van der Waals surface area contributed by atoms with E-state index in [1.165, 1.54) is 25.0 Å². The first-order valence-electron chi connectivity index (χ1n) is 8.16. The maximum atomic E-state index is 12.6. The van der Waals surface area contributed by atoms with Crippen molar-refractivity contribution in [2.24, 2.45) is 0 Å². The third kappa shape index (κ3) is 4.39. The van der Waals surface area contributed by atoms with Gasteiger partial charge in [0, 0.05) is 23.2 Å². The zero-order chi connectivity index (χ0) is 19.6. The standard InChI is InChI=1S/C19H19N4O3P/c1-12-3-5-13(6-4-12)16-11-21-18(20)17(23-16)19(24)22-14-7-9-15(10-8-14)27(2,25)26/h3-11H,1-2H3,(H2,20,21)(H,22,24)(H,25,26). The van der Waals surface area contributed by atoms with Gasteiger partial charge in [-0.2, -0.15) is 0 Å². The molecule has 3 aromatic rings. The molecule has 138 valence electrons. The summed E-state index contributed by atoms with van der Waals surface area (Å²) in [5.74, 6) is -0.487. The molecule has 8 heteroatoms. The number of carbonyl (C=O) groups excluding carboxylic acids is 1. The van der Waals surface area contributed by atoms with Gasteiger partial charge in [0.15, 0.2) is 11.5 Å². The first kappa shape index (κ1) is 18.8. The fourth-order valence-electron chi connectivity index (χ4n) is 2.44. The van der Waals surface area contributed by atoms with Crippen molar-refractivity contribution in [3.8, 4) is 11.3 Å². The van der Waals surface area contributed by atoms with E-state index < -0.39 is 13.3 Å². The number of nitrogens with one attached hydrogen (secondary N) is 1. The van der Waals surface area contributed by atoms with E-state index >= 15 is 0 Å². The number of amides is 1. The molecule has 4 N–H and O–H groups in total. The van der Waals surface area contributed by atoms with Crippen LogP contribution in [0.2, 0.25) is 0 Å². The van der Waals surface area contributed by atoms with Gasteiger partial charge in [0.05, 0.1) is 11.9 Å². The Hall–Kier alpha value is -3.02. The molecule has 0 aliphatic heterocycles. The summed E-state index contributed by atoms with van der Waals surface area (Å²) in [6.45, 7) is 3.24. The second kappa shape index (κ2) is 7.31. The van der Waals surface area contributed by atoms with Gasteiger partial charge in [-0.3, -0.25) is 9.36 Å². The Bertz CT molecular complexity index is 1030. The Labute approximate surface area is 156 Å². The number of hydrogen-bond donors (Lipinski definition) is 3. The minimum atomic E-state index is -3.34. The number of nitrogen functional groups attached to an aromatic ring is 1. The average molecular weight is 382 g/mol. The van der Waals surface area contributed by atoms with Crippen molar-refractivity contribution in [2.45, 2.75) is 6.92 Å². The minimum Gasteiger partial charge on any atom is -0.382 e. The Morgan fingerprint density at radius 1 is 1.11 bits per heavy atom. The van der Waals surface area contributed by atoms with Gasteiger partial charge >= 0.3 is 0 Å². The lowest BCUT2D eigenvalue weighted by Gasteiger charge is -2.10. The number of hydrogen-bond acceptors (Lipinski definition) is 5. The summed E-state index contributed by atoms with van der Waals surface area (Å²) in [5.41, 5.74) is 8.77. The highest BCUT2D eigenvalue weighted by Crippen LogP contribution is 2.33. The highest BCUT2D eigenvalue weighted by molar-refractivity contribution is 7.65. The summed E-state index contributed by atoms with van der Waals surface area (Å²) in [6.07, 6.45) is 1.52. The van der Waals surface area contributed by atoms with Crippen molar-refractivity contribution in [2.75, 3.05) is 17.7 Å². The smallest absolute Gasteiger partial charge is 0.278 e. The van der Waals surface area contributed by atoms with Crippen LogP contribution in [-0.2, 0) is 4.57 Å². The van der Waals surface area contributed by atoms with Crippen LogP contribution in [0.1, 0.15) is 16.1 Å². The average Bonchev–Trinajstić information content (AvgIpc) is 2.62. The SMILES string of the molecule is Cc1ccc(-c2cnc(N)c(C(=O)Nc3ccc(P(C)(=O)O)cc3)n2)cc1. The third-order valence-corrected chi connectivity index (χ3v) is 5.22. The summed E-state index contributed by atoms with van der Waals surface area (Å²) in [7, 11) is -3.34. The quantitative estimate of drug-likeness (QED) is 0.597. The van der Waals surface area contributed by atoms with E-state index in [1.807, 2.05) is 31.2 Å². The van der Waals surface area contributed by atoms with Gasteiger partial charge in [-0.15, -0.1) is 0 Å². The van der Waals surface area contributed by atoms with Crippen LogP contribution >= 0.6 is 7.37 Å². The highest BCUT2D eigenvalue weighted by atomic mass is 31.2. The van der Waals surface area contributed by atoms with Crippen molar-refractivity contribution in [3.05, 3.63) is 66.0 Å². The molecule has 0 spiro atoms. The molecule has 0 bridgehead atoms. The number of benzene rings is 2. The van der Waals surface area contributed by atoms with Crippen LogP contribution in [0.4, 0.5) is 11.5 Å². The van der Waals surface area contributed by atoms with E-state index in [9.17, 15) is 14.3 Å². The van der Waals surface area contributed by atoms with Crippen molar-refractivity contribution in [1.29, 1.82) is 0 Å². The van der Waals surface area contributed by atoms with Gasteiger partial charge in [0.1, 0.15) is 0 Å². The number of rotatable bonds is 4. The van der Waals surface area contributed by atoms with Crippen LogP contribution in [0.25, 0.3) is 11.3 Å². The zero-order valence-corrected chi connectivity index (χ0v) is 15.8. The van der Waals surface area contributed by atoms with Gasteiger partial charge in [-0.1, -0.05) is 29.8 Å². The second-order valence-corrected chi connectivity index (χ2v) is 8.51. The van der Waals surface area contributed by atoms with Crippen molar-refractivity contribution in [3.63, 3.8) is 0 Å². The van der Waals surface area contributed by atoms with Crippen molar-refractivity contribution >= 4 is 30.1 Å². The van der Waals surface area contributed by atoms with Gasteiger partial charge < -0.3 is 15.9 Å². The molecular weight excluding hydrogens is 363 g/mol. The van der Waals surface area contributed by atoms with E-state index in [1.54, 1.807) is 12.1 Å². The number of carbonyl (C=O) groups is 1. The number of aryl methyl sites for hydroxylation is 1. The summed E-state index contributed by atoms with van der Waals surface area (Å²) in [5, 5.41) is 2.98. The largest absolute Gasteiger partial charge is 0.382 e. The maximum Gasteiger partial charge on any atom is 0.278 e. The van der Waals surface area contributed by atoms with Crippen LogP contribution in [-0.4, -0.2) is 27.4 Å². The monoisotopic (exact) mass is 382 g/mol. The molecule has 1 unspecified atom stereocenters. The summed E-state index contributed by atoms with van der Waals surface area (Å²) >= 11 is 0. The Balaban J connectivity index is 1.85. The van der Waals surface area contributed by atoms with E-state index in [-0.39, 0.29) is 11.5 Å². The van der Waals surface area contributed by atoms with E-state index in [2.05, 4.69) is 15.3 Å². The van der Waals surface area contributed by atoms with Crippen molar-refractivity contribution in [1.82, 2.24) is 9.97 Å². The normalized spacial score (nSPS) is 13.0. The molecule has 27 heavy (non-hydrogen) atoms. The summed E-state index contributed by atoms with van der Waals surface area (Å²) < 4.78 is 11.6. The fourth-order valence-corrected chi connectivity index (χ4v) is 3.14.